The maximum absolute atomic E-state index is 11.5. The lowest BCUT2D eigenvalue weighted by atomic mass is 10.1. The second kappa shape index (κ2) is 7.69. The number of carbonyl (C=O) groups is 1. The van der Waals surface area contributed by atoms with E-state index in [1.165, 1.54) is 22.0 Å². The van der Waals surface area contributed by atoms with Crippen molar-refractivity contribution in [2.75, 3.05) is 19.7 Å². The largest absolute Gasteiger partial charge is 0.396 e. The molecule has 2 rings (SSSR count). The molecule has 21 heavy (non-hydrogen) atoms. The van der Waals surface area contributed by atoms with Gasteiger partial charge < -0.3 is 20.7 Å². The number of benzene rings is 1. The van der Waals surface area contributed by atoms with Gasteiger partial charge in [0.05, 0.1) is 0 Å². The minimum atomic E-state index is -0.183. The van der Waals surface area contributed by atoms with Gasteiger partial charge in [0.2, 0.25) is 0 Å². The Bertz CT molecular complexity index is 592. The first-order chi connectivity index (χ1) is 10.3. The number of hydrogen-bond acceptors (Lipinski definition) is 2. The molecular weight excluding hydrogens is 266 g/mol. The summed E-state index contributed by atoms with van der Waals surface area (Å²) in [5.74, 6) is 0. The van der Waals surface area contributed by atoms with Crippen molar-refractivity contribution in [1.82, 2.24) is 15.6 Å². The van der Waals surface area contributed by atoms with E-state index in [0.717, 1.165) is 12.8 Å². The maximum Gasteiger partial charge on any atom is 0.314 e. The summed E-state index contributed by atoms with van der Waals surface area (Å²) in [6.45, 7) is 3.33. The standard InChI is InChI=1S/C16H23N3O2/c1-2-12-5-3-6-14-13(11-19-15(12)14)7-9-18-16(21)17-8-4-10-20/h3,5-6,11,19-20H,2,4,7-10H2,1H3,(H2,17,18,21). The molecule has 0 unspecified atom stereocenters. The number of para-hydroxylation sites is 1. The van der Waals surface area contributed by atoms with E-state index in [9.17, 15) is 4.79 Å². The number of rotatable bonds is 7. The number of H-pyrrole nitrogens is 1. The topological polar surface area (TPSA) is 77.2 Å². The molecule has 1 heterocycles. The summed E-state index contributed by atoms with van der Waals surface area (Å²) in [5.41, 5.74) is 3.73. The third kappa shape index (κ3) is 3.98. The highest BCUT2D eigenvalue weighted by atomic mass is 16.3. The molecular formula is C16H23N3O2. The van der Waals surface area contributed by atoms with Crippen LogP contribution in [0.4, 0.5) is 4.79 Å². The normalized spacial score (nSPS) is 10.8. The van der Waals surface area contributed by atoms with Crippen molar-refractivity contribution in [3.05, 3.63) is 35.5 Å². The number of amides is 2. The summed E-state index contributed by atoms with van der Waals surface area (Å²) >= 11 is 0. The molecule has 0 radical (unpaired) electrons. The van der Waals surface area contributed by atoms with Gasteiger partial charge in [0.15, 0.2) is 0 Å². The van der Waals surface area contributed by atoms with Gasteiger partial charge in [0, 0.05) is 36.8 Å². The van der Waals surface area contributed by atoms with Gasteiger partial charge in [-0.05, 0) is 30.4 Å². The maximum atomic E-state index is 11.5. The lowest BCUT2D eigenvalue weighted by molar-refractivity contribution is 0.238. The van der Waals surface area contributed by atoms with Crippen LogP contribution in [0.5, 0.6) is 0 Å². The molecule has 5 heteroatoms. The van der Waals surface area contributed by atoms with E-state index >= 15 is 0 Å². The van der Waals surface area contributed by atoms with Gasteiger partial charge >= 0.3 is 6.03 Å². The molecule has 2 amide bonds. The molecule has 2 aromatic rings. The fourth-order valence-corrected chi connectivity index (χ4v) is 2.43. The van der Waals surface area contributed by atoms with Gasteiger partial charge in [-0.15, -0.1) is 0 Å². The summed E-state index contributed by atoms with van der Waals surface area (Å²) in [6.07, 6.45) is 4.40. The summed E-state index contributed by atoms with van der Waals surface area (Å²) in [5, 5.41) is 15.4. The zero-order valence-electron chi connectivity index (χ0n) is 12.4. The van der Waals surface area contributed by atoms with Crippen LogP contribution < -0.4 is 10.6 Å². The second-order valence-corrected chi connectivity index (χ2v) is 5.02. The first-order valence-electron chi connectivity index (χ1n) is 7.46. The molecule has 0 aliphatic rings. The van der Waals surface area contributed by atoms with E-state index in [2.05, 4.69) is 40.7 Å². The lowest BCUT2D eigenvalue weighted by Gasteiger charge is -2.06. The van der Waals surface area contributed by atoms with Crippen molar-refractivity contribution in [2.45, 2.75) is 26.2 Å². The third-order valence-electron chi connectivity index (χ3n) is 3.57. The summed E-state index contributed by atoms with van der Waals surface area (Å²) in [6, 6.07) is 6.14. The zero-order valence-corrected chi connectivity index (χ0v) is 12.4. The van der Waals surface area contributed by atoms with Crippen molar-refractivity contribution >= 4 is 16.9 Å². The first-order valence-corrected chi connectivity index (χ1v) is 7.46. The van der Waals surface area contributed by atoms with Crippen molar-refractivity contribution in [1.29, 1.82) is 0 Å². The summed E-state index contributed by atoms with van der Waals surface area (Å²) in [7, 11) is 0. The van der Waals surface area contributed by atoms with Crippen LogP contribution in [0.2, 0.25) is 0 Å². The number of aliphatic hydroxyl groups is 1. The Morgan fingerprint density at radius 3 is 2.81 bits per heavy atom. The third-order valence-corrected chi connectivity index (χ3v) is 3.57. The van der Waals surface area contributed by atoms with Gasteiger partial charge in [-0.25, -0.2) is 4.79 Å². The van der Waals surface area contributed by atoms with Crippen LogP contribution in [0.1, 0.15) is 24.5 Å². The summed E-state index contributed by atoms with van der Waals surface area (Å²) < 4.78 is 0. The molecule has 0 aliphatic carbocycles. The van der Waals surface area contributed by atoms with Crippen LogP contribution in [-0.4, -0.2) is 35.8 Å². The minimum Gasteiger partial charge on any atom is -0.396 e. The predicted molar refractivity (Wildman–Crippen MR) is 84.5 cm³/mol. The van der Waals surface area contributed by atoms with Gasteiger partial charge in [-0.2, -0.15) is 0 Å². The number of nitrogens with one attached hydrogen (secondary N) is 3. The summed E-state index contributed by atoms with van der Waals surface area (Å²) in [4.78, 5) is 14.8. The van der Waals surface area contributed by atoms with E-state index in [0.29, 0.717) is 19.5 Å². The minimum absolute atomic E-state index is 0.0926. The van der Waals surface area contributed by atoms with Gasteiger partial charge in [0.25, 0.3) is 0 Å². The molecule has 0 aliphatic heterocycles. The molecule has 0 bridgehead atoms. The molecule has 0 fully saturated rings. The van der Waals surface area contributed by atoms with Crippen LogP contribution >= 0.6 is 0 Å². The number of aromatic nitrogens is 1. The Hall–Kier alpha value is -2.01. The van der Waals surface area contributed by atoms with E-state index in [4.69, 9.17) is 5.11 Å². The lowest BCUT2D eigenvalue weighted by Crippen LogP contribution is -2.37. The molecule has 4 N–H and O–H groups in total. The van der Waals surface area contributed by atoms with E-state index in [-0.39, 0.29) is 12.6 Å². The second-order valence-electron chi connectivity index (χ2n) is 5.02. The van der Waals surface area contributed by atoms with Crippen LogP contribution in [0.3, 0.4) is 0 Å². The molecule has 1 aromatic heterocycles. The van der Waals surface area contributed by atoms with Crippen molar-refractivity contribution < 1.29 is 9.90 Å². The highest BCUT2D eigenvalue weighted by molar-refractivity contribution is 5.86. The highest BCUT2D eigenvalue weighted by Crippen LogP contribution is 2.22. The number of carbonyl (C=O) groups excluding carboxylic acids is 1. The Morgan fingerprint density at radius 2 is 2.05 bits per heavy atom. The quantitative estimate of drug-likeness (QED) is 0.588. The molecule has 0 saturated carbocycles. The van der Waals surface area contributed by atoms with Crippen molar-refractivity contribution in [2.24, 2.45) is 0 Å². The number of fused-ring (bicyclic) bond motifs is 1. The number of hydrogen-bond donors (Lipinski definition) is 4. The molecule has 1 aromatic carbocycles. The zero-order chi connectivity index (χ0) is 15.1. The number of aryl methyl sites for hydroxylation is 1. The molecule has 114 valence electrons. The van der Waals surface area contributed by atoms with Crippen LogP contribution in [0.15, 0.2) is 24.4 Å². The van der Waals surface area contributed by atoms with Crippen LogP contribution in [0, 0.1) is 0 Å². The Balaban J connectivity index is 1.88. The van der Waals surface area contributed by atoms with Crippen LogP contribution in [-0.2, 0) is 12.8 Å². The predicted octanol–water partition coefficient (Wildman–Crippen LogP) is 1.95. The van der Waals surface area contributed by atoms with E-state index in [1.807, 2.05) is 6.20 Å². The van der Waals surface area contributed by atoms with Gasteiger partial charge in [-0.3, -0.25) is 0 Å². The van der Waals surface area contributed by atoms with E-state index < -0.39 is 0 Å². The Morgan fingerprint density at radius 1 is 1.24 bits per heavy atom. The first kappa shape index (κ1) is 15.4. The van der Waals surface area contributed by atoms with E-state index in [1.54, 1.807) is 0 Å². The van der Waals surface area contributed by atoms with Crippen molar-refractivity contribution in [3.63, 3.8) is 0 Å². The van der Waals surface area contributed by atoms with Crippen LogP contribution in [0.25, 0.3) is 10.9 Å². The monoisotopic (exact) mass is 289 g/mol. The molecule has 0 atom stereocenters. The Kier molecular flexibility index (Phi) is 5.63. The Labute approximate surface area is 124 Å². The average Bonchev–Trinajstić information content (AvgIpc) is 2.91. The van der Waals surface area contributed by atoms with Crippen molar-refractivity contribution in [3.8, 4) is 0 Å². The molecule has 0 saturated heterocycles. The average molecular weight is 289 g/mol. The number of urea groups is 1. The number of aromatic amines is 1. The highest BCUT2D eigenvalue weighted by Gasteiger charge is 2.07. The molecule has 5 nitrogen and oxygen atoms in total. The van der Waals surface area contributed by atoms with Gasteiger partial charge in [0.1, 0.15) is 0 Å². The smallest absolute Gasteiger partial charge is 0.314 e. The fourth-order valence-electron chi connectivity index (χ4n) is 2.43. The fraction of sp³-hybridized carbons (Fsp3) is 0.438. The molecule has 0 spiro atoms. The van der Waals surface area contributed by atoms with Gasteiger partial charge in [-0.1, -0.05) is 25.1 Å². The number of aliphatic hydroxyl groups excluding tert-OH is 1. The SMILES string of the molecule is CCc1cccc2c(CCNC(=O)NCCCO)c[nH]c12.